The van der Waals surface area contributed by atoms with Crippen LogP contribution in [0.3, 0.4) is 0 Å². The highest BCUT2D eigenvalue weighted by molar-refractivity contribution is 5.82. The number of ether oxygens (including phenoxy) is 2. The number of amides is 2. The smallest absolute Gasteiger partial charge is 0.407 e. The molecule has 1 atom stereocenters. The van der Waals surface area contributed by atoms with E-state index in [1.807, 2.05) is 60.6 Å². The monoisotopic (exact) mass is 459 g/mol. The van der Waals surface area contributed by atoms with E-state index >= 15 is 0 Å². The lowest BCUT2D eigenvalue weighted by atomic mass is 9.96. The Morgan fingerprint density at radius 1 is 1.00 bits per heavy atom. The van der Waals surface area contributed by atoms with Crippen LogP contribution in [-0.4, -0.2) is 41.5 Å². The maximum absolute atomic E-state index is 13.0. The second-order valence-corrected chi connectivity index (χ2v) is 10.2. The van der Waals surface area contributed by atoms with E-state index in [4.69, 9.17) is 9.47 Å². The molecule has 0 saturated heterocycles. The van der Waals surface area contributed by atoms with Gasteiger partial charge in [0.15, 0.2) is 5.43 Å². The fourth-order valence-corrected chi connectivity index (χ4v) is 3.36. The van der Waals surface area contributed by atoms with Gasteiger partial charge in [-0.05, 0) is 66.0 Å². The molecule has 0 fully saturated rings. The quantitative estimate of drug-likeness (QED) is 0.524. The van der Waals surface area contributed by atoms with E-state index in [9.17, 15) is 14.4 Å². The number of benzene rings is 1. The summed E-state index contributed by atoms with van der Waals surface area (Å²) in [6.07, 6.45) is 1.94. The zero-order valence-corrected chi connectivity index (χ0v) is 20.8. The van der Waals surface area contributed by atoms with Crippen molar-refractivity contribution in [3.8, 4) is 0 Å². The molecule has 2 aromatic rings. The number of aromatic amines is 1. The van der Waals surface area contributed by atoms with Crippen LogP contribution >= 0.6 is 0 Å². The number of H-pyrrole nitrogens is 1. The first kappa shape index (κ1) is 26.2. The van der Waals surface area contributed by atoms with E-state index in [2.05, 4.69) is 15.6 Å². The largest absolute Gasteiger partial charge is 0.444 e. The van der Waals surface area contributed by atoms with Gasteiger partial charge in [0.2, 0.25) is 0 Å². The molecule has 0 radical (unpaired) electrons. The highest BCUT2D eigenvalue weighted by Gasteiger charge is 2.19. The predicted molar refractivity (Wildman–Crippen MR) is 130 cm³/mol. The van der Waals surface area contributed by atoms with Crippen LogP contribution in [0.15, 0.2) is 29.2 Å². The molecule has 0 aliphatic heterocycles. The third kappa shape index (κ3) is 8.44. The van der Waals surface area contributed by atoms with E-state index in [1.54, 1.807) is 12.3 Å². The summed E-state index contributed by atoms with van der Waals surface area (Å²) < 4.78 is 10.5. The number of hydrogen-bond acceptors (Lipinski definition) is 5. The number of nitrogens with one attached hydrogen (secondary N) is 3. The zero-order valence-electron chi connectivity index (χ0n) is 20.8. The van der Waals surface area contributed by atoms with Gasteiger partial charge >= 0.3 is 12.2 Å². The highest BCUT2D eigenvalue weighted by atomic mass is 16.6. The molecule has 8 heteroatoms. The molecule has 1 heterocycles. The molecule has 1 unspecified atom stereocenters. The molecule has 8 nitrogen and oxygen atoms in total. The Morgan fingerprint density at radius 2 is 1.61 bits per heavy atom. The Labute approximate surface area is 195 Å². The molecule has 0 aliphatic carbocycles. The number of aromatic nitrogens is 1. The third-order valence-corrected chi connectivity index (χ3v) is 4.80. The number of alkyl carbamates (subject to hydrolysis) is 2. The van der Waals surface area contributed by atoms with Gasteiger partial charge in [0, 0.05) is 36.2 Å². The summed E-state index contributed by atoms with van der Waals surface area (Å²) in [7, 11) is 0. The van der Waals surface area contributed by atoms with Gasteiger partial charge in [0.1, 0.15) is 11.2 Å². The van der Waals surface area contributed by atoms with Crippen molar-refractivity contribution in [1.29, 1.82) is 0 Å². The topological polar surface area (TPSA) is 110 Å². The number of fused-ring (bicyclic) bond motifs is 1. The van der Waals surface area contributed by atoms with E-state index in [-0.39, 0.29) is 11.3 Å². The van der Waals surface area contributed by atoms with Gasteiger partial charge < -0.3 is 25.1 Å². The maximum Gasteiger partial charge on any atom is 0.407 e. The van der Waals surface area contributed by atoms with Gasteiger partial charge in [-0.25, -0.2) is 9.59 Å². The first-order valence-electron chi connectivity index (χ1n) is 11.3. The second kappa shape index (κ2) is 10.7. The number of aryl methyl sites for hydroxylation is 1. The van der Waals surface area contributed by atoms with Crippen molar-refractivity contribution in [2.45, 2.75) is 78.4 Å². The number of pyridine rings is 1. The number of carbonyl (C=O) groups excluding carboxylic acids is 2. The van der Waals surface area contributed by atoms with Crippen molar-refractivity contribution in [3.05, 3.63) is 45.7 Å². The molecule has 33 heavy (non-hydrogen) atoms. The predicted octanol–water partition coefficient (Wildman–Crippen LogP) is 4.61. The van der Waals surface area contributed by atoms with Crippen LogP contribution in [0.2, 0.25) is 0 Å². The normalized spacial score (nSPS) is 12.8. The van der Waals surface area contributed by atoms with Crippen LogP contribution < -0.4 is 16.1 Å². The molecule has 0 bridgehead atoms. The molecular formula is C25H37N3O5. The van der Waals surface area contributed by atoms with Gasteiger partial charge in [-0.1, -0.05) is 19.1 Å². The second-order valence-electron chi connectivity index (χ2n) is 10.2. The van der Waals surface area contributed by atoms with E-state index in [0.717, 1.165) is 11.1 Å². The van der Waals surface area contributed by atoms with Crippen LogP contribution in [-0.2, 0) is 15.9 Å². The fourth-order valence-electron chi connectivity index (χ4n) is 3.36. The number of rotatable bonds is 7. The summed E-state index contributed by atoms with van der Waals surface area (Å²) in [5, 5.41) is 6.10. The average molecular weight is 460 g/mol. The Hall–Kier alpha value is -3.03. The minimum absolute atomic E-state index is 0.0271. The van der Waals surface area contributed by atoms with E-state index in [1.165, 1.54) is 0 Å². The average Bonchev–Trinajstić information content (AvgIpc) is 2.68. The SMILES string of the molecule is CC(CNC(=O)OC(C)(C)C)c1cccc2c(=O)c(CCCNC(=O)OC(C)(C)C)c[nH]c12. The minimum Gasteiger partial charge on any atom is -0.444 e. The fraction of sp³-hybridized carbons (Fsp3) is 0.560. The number of carbonyl (C=O) groups is 2. The van der Waals surface area contributed by atoms with E-state index in [0.29, 0.717) is 36.9 Å². The van der Waals surface area contributed by atoms with Crippen LogP contribution in [0.5, 0.6) is 0 Å². The lowest BCUT2D eigenvalue weighted by Crippen LogP contribution is -2.34. The molecule has 0 spiro atoms. The van der Waals surface area contributed by atoms with Crippen LogP contribution in [0.1, 0.15) is 71.9 Å². The molecule has 2 rings (SSSR count). The van der Waals surface area contributed by atoms with Gasteiger partial charge in [-0.3, -0.25) is 4.79 Å². The highest BCUT2D eigenvalue weighted by Crippen LogP contribution is 2.22. The summed E-state index contributed by atoms with van der Waals surface area (Å²) in [5.74, 6) is -0.0271. The molecule has 3 N–H and O–H groups in total. The van der Waals surface area contributed by atoms with Crippen molar-refractivity contribution in [2.24, 2.45) is 0 Å². The van der Waals surface area contributed by atoms with Crippen molar-refractivity contribution in [1.82, 2.24) is 15.6 Å². The van der Waals surface area contributed by atoms with E-state index < -0.39 is 23.4 Å². The Morgan fingerprint density at radius 3 is 2.21 bits per heavy atom. The number of hydrogen-bond donors (Lipinski definition) is 3. The molecule has 2 amide bonds. The van der Waals surface area contributed by atoms with Crippen LogP contribution in [0.4, 0.5) is 9.59 Å². The third-order valence-electron chi connectivity index (χ3n) is 4.80. The molecule has 0 saturated carbocycles. The standard InChI is InChI=1S/C25H37N3O5/c1-16(14-28-23(31)33-25(5,6)7)18-11-8-12-19-20(18)27-15-17(21(19)29)10-9-13-26-22(30)32-24(2,3)4/h8,11-12,15-16H,9-10,13-14H2,1-7H3,(H,26,30)(H,27,29)(H,28,31). The van der Waals surface area contributed by atoms with Crippen molar-refractivity contribution >= 4 is 23.1 Å². The van der Waals surface area contributed by atoms with Gasteiger partial charge in [0.25, 0.3) is 0 Å². The van der Waals surface area contributed by atoms with Crippen molar-refractivity contribution in [2.75, 3.05) is 13.1 Å². The summed E-state index contributed by atoms with van der Waals surface area (Å²) in [6.45, 7) is 13.7. The summed E-state index contributed by atoms with van der Waals surface area (Å²) in [4.78, 5) is 40.0. The Bertz CT molecular complexity index is 1030. The van der Waals surface area contributed by atoms with Crippen molar-refractivity contribution < 1.29 is 19.1 Å². The van der Waals surface area contributed by atoms with Gasteiger partial charge in [-0.2, -0.15) is 0 Å². The molecule has 1 aromatic heterocycles. The minimum atomic E-state index is -0.559. The van der Waals surface area contributed by atoms with Crippen LogP contribution in [0.25, 0.3) is 10.9 Å². The zero-order chi connectivity index (χ0) is 24.8. The molecule has 0 aliphatic rings. The van der Waals surface area contributed by atoms with Crippen molar-refractivity contribution in [3.63, 3.8) is 0 Å². The number of para-hydroxylation sites is 1. The molecule has 1 aromatic carbocycles. The Balaban J connectivity index is 2.03. The van der Waals surface area contributed by atoms with Crippen LogP contribution in [0, 0.1) is 0 Å². The first-order valence-corrected chi connectivity index (χ1v) is 11.3. The summed E-state index contributed by atoms with van der Waals surface area (Å²) in [5.41, 5.74) is 1.23. The van der Waals surface area contributed by atoms with Gasteiger partial charge in [0.05, 0.1) is 5.52 Å². The lowest BCUT2D eigenvalue weighted by Gasteiger charge is -2.21. The Kier molecular flexibility index (Phi) is 8.52. The maximum atomic E-state index is 13.0. The summed E-state index contributed by atoms with van der Waals surface area (Å²) in [6, 6.07) is 5.60. The lowest BCUT2D eigenvalue weighted by molar-refractivity contribution is 0.0514. The molecular weight excluding hydrogens is 422 g/mol. The first-order chi connectivity index (χ1) is 15.3. The molecule has 182 valence electrons. The summed E-state index contributed by atoms with van der Waals surface area (Å²) >= 11 is 0. The van der Waals surface area contributed by atoms with Gasteiger partial charge in [-0.15, -0.1) is 0 Å².